The molecular formula is C28H27ClN2O. The van der Waals surface area contributed by atoms with E-state index in [-0.39, 0.29) is 5.78 Å². The van der Waals surface area contributed by atoms with E-state index in [1.807, 2.05) is 61.7 Å². The molecule has 0 fully saturated rings. The van der Waals surface area contributed by atoms with Crippen molar-refractivity contribution in [2.24, 2.45) is 0 Å². The Morgan fingerprint density at radius 1 is 1.03 bits per heavy atom. The van der Waals surface area contributed by atoms with E-state index in [4.69, 9.17) is 17.0 Å². The number of halogens is 1. The third-order valence-corrected chi connectivity index (χ3v) is 5.66. The molecule has 0 spiro atoms. The fourth-order valence-corrected chi connectivity index (χ4v) is 4.01. The first-order valence-electron chi connectivity index (χ1n) is 10.6. The van der Waals surface area contributed by atoms with Crippen molar-refractivity contribution in [3.8, 4) is 0 Å². The van der Waals surface area contributed by atoms with Crippen LogP contribution in [-0.4, -0.2) is 19.0 Å². The minimum Gasteiger partial charge on any atom is -0.388 e. The molecule has 0 bridgehead atoms. The number of carbonyl (C=O) groups excluding carboxylic acids is 1. The van der Waals surface area contributed by atoms with E-state index in [1.54, 1.807) is 13.0 Å². The van der Waals surface area contributed by atoms with Crippen molar-refractivity contribution in [2.75, 3.05) is 12.4 Å². The number of hydrogen-bond donors (Lipinski definition) is 2. The van der Waals surface area contributed by atoms with Crippen LogP contribution in [-0.2, 0) is 4.79 Å². The second-order valence-corrected chi connectivity index (χ2v) is 7.86. The first-order valence-corrected chi connectivity index (χ1v) is 11.0. The van der Waals surface area contributed by atoms with E-state index >= 15 is 0 Å². The predicted molar refractivity (Wildman–Crippen MR) is 138 cm³/mol. The fourth-order valence-electron chi connectivity index (χ4n) is 3.76. The molecule has 0 radical (unpaired) electrons. The highest BCUT2D eigenvalue weighted by molar-refractivity contribution is 6.32. The standard InChI is InChI=1S/C28H27ClN2O/c1-4-24(25-7-5-6-8-26(25)29)28(22-15-16-27(31-3)23(17-22)18-30)21-13-11-20(12-14-21)10-9-19(2)32/h5-18,30-31H,4H2,1-3H3/b10-9+,28-24+,30-18?. The molecule has 2 N–H and O–H groups in total. The lowest BCUT2D eigenvalue weighted by molar-refractivity contribution is -0.112. The number of ketones is 1. The van der Waals surface area contributed by atoms with Crippen LogP contribution in [0.2, 0.25) is 5.02 Å². The van der Waals surface area contributed by atoms with Gasteiger partial charge in [0.1, 0.15) is 0 Å². The third kappa shape index (κ3) is 5.24. The second-order valence-electron chi connectivity index (χ2n) is 7.45. The Morgan fingerprint density at radius 2 is 1.72 bits per heavy atom. The van der Waals surface area contributed by atoms with Crippen LogP contribution >= 0.6 is 11.6 Å². The zero-order valence-corrected chi connectivity index (χ0v) is 19.3. The van der Waals surface area contributed by atoms with E-state index in [2.05, 4.69) is 30.4 Å². The number of nitrogens with one attached hydrogen (secondary N) is 2. The minimum atomic E-state index is 0.0189. The monoisotopic (exact) mass is 442 g/mol. The van der Waals surface area contributed by atoms with Crippen LogP contribution < -0.4 is 5.32 Å². The lowest BCUT2D eigenvalue weighted by atomic mass is 9.87. The smallest absolute Gasteiger partial charge is 0.152 e. The number of hydrogen-bond acceptors (Lipinski definition) is 3. The van der Waals surface area contributed by atoms with Gasteiger partial charge in [0.2, 0.25) is 0 Å². The molecular weight excluding hydrogens is 416 g/mol. The summed E-state index contributed by atoms with van der Waals surface area (Å²) in [6.07, 6.45) is 5.54. The summed E-state index contributed by atoms with van der Waals surface area (Å²) in [6.45, 7) is 3.67. The van der Waals surface area contributed by atoms with Gasteiger partial charge in [-0.1, -0.05) is 73.1 Å². The molecule has 0 aromatic heterocycles. The van der Waals surface area contributed by atoms with E-state index in [0.717, 1.165) is 51.1 Å². The number of rotatable bonds is 8. The van der Waals surface area contributed by atoms with Crippen molar-refractivity contribution < 1.29 is 4.79 Å². The molecule has 4 heteroatoms. The summed E-state index contributed by atoms with van der Waals surface area (Å²) in [7, 11) is 1.85. The number of allylic oxidation sites excluding steroid dienone is 2. The molecule has 0 atom stereocenters. The van der Waals surface area contributed by atoms with Crippen LogP contribution in [0.4, 0.5) is 5.69 Å². The van der Waals surface area contributed by atoms with E-state index in [1.165, 1.54) is 6.21 Å². The highest BCUT2D eigenvalue weighted by Crippen LogP contribution is 2.38. The van der Waals surface area contributed by atoms with Crippen LogP contribution in [0.5, 0.6) is 0 Å². The molecule has 0 saturated carbocycles. The number of benzene rings is 3. The molecule has 0 unspecified atom stereocenters. The Hall–Kier alpha value is -3.43. The zero-order valence-electron chi connectivity index (χ0n) is 18.6. The fraction of sp³-hybridized carbons (Fsp3) is 0.143. The molecule has 32 heavy (non-hydrogen) atoms. The van der Waals surface area contributed by atoms with E-state index < -0.39 is 0 Å². The zero-order chi connectivity index (χ0) is 23.1. The molecule has 3 aromatic carbocycles. The maximum Gasteiger partial charge on any atom is 0.152 e. The Labute approximate surface area is 195 Å². The van der Waals surface area contributed by atoms with Crippen molar-refractivity contribution in [1.29, 1.82) is 5.41 Å². The van der Waals surface area contributed by atoms with Crippen molar-refractivity contribution in [1.82, 2.24) is 0 Å². The van der Waals surface area contributed by atoms with Crippen LogP contribution in [0, 0.1) is 5.41 Å². The summed E-state index contributed by atoms with van der Waals surface area (Å²) in [5, 5.41) is 11.7. The summed E-state index contributed by atoms with van der Waals surface area (Å²) in [6, 6.07) is 22.1. The molecule has 0 aliphatic heterocycles. The second kappa shape index (κ2) is 10.7. The van der Waals surface area contributed by atoms with Crippen molar-refractivity contribution in [3.05, 3.63) is 106 Å². The van der Waals surface area contributed by atoms with Gasteiger partial charge in [-0.15, -0.1) is 0 Å². The Balaban J connectivity index is 2.26. The Morgan fingerprint density at radius 3 is 2.31 bits per heavy atom. The average molecular weight is 443 g/mol. The summed E-state index contributed by atoms with van der Waals surface area (Å²) in [5.41, 5.74) is 7.97. The van der Waals surface area contributed by atoms with E-state index in [9.17, 15) is 4.79 Å². The van der Waals surface area contributed by atoms with Gasteiger partial charge in [-0.25, -0.2) is 0 Å². The molecule has 162 valence electrons. The Bertz CT molecular complexity index is 1190. The number of carbonyl (C=O) groups is 1. The predicted octanol–water partition coefficient (Wildman–Crippen LogP) is 7.35. The first kappa shape index (κ1) is 23.2. The van der Waals surface area contributed by atoms with Gasteiger partial charge in [0.15, 0.2) is 5.78 Å². The highest BCUT2D eigenvalue weighted by Gasteiger charge is 2.16. The van der Waals surface area contributed by atoms with Crippen molar-refractivity contribution >= 4 is 46.5 Å². The topological polar surface area (TPSA) is 53.0 Å². The summed E-state index contributed by atoms with van der Waals surface area (Å²) in [5.74, 6) is 0.0189. The SMILES string of the molecule is CC/C(=C(/c1ccc(/C=C/C(C)=O)cc1)c1ccc(NC)c(C=N)c1)c1ccccc1Cl. The lowest BCUT2D eigenvalue weighted by Crippen LogP contribution is -1.99. The van der Waals surface area contributed by atoms with Gasteiger partial charge < -0.3 is 10.7 Å². The van der Waals surface area contributed by atoms with Gasteiger partial charge in [-0.2, -0.15) is 0 Å². The molecule has 0 heterocycles. The van der Waals surface area contributed by atoms with Crippen LogP contribution in [0.1, 0.15) is 48.1 Å². The van der Waals surface area contributed by atoms with Crippen LogP contribution in [0.25, 0.3) is 17.2 Å². The van der Waals surface area contributed by atoms with Gasteiger partial charge >= 0.3 is 0 Å². The Kier molecular flexibility index (Phi) is 7.80. The van der Waals surface area contributed by atoms with Crippen LogP contribution in [0.15, 0.2) is 72.8 Å². The van der Waals surface area contributed by atoms with E-state index in [0.29, 0.717) is 5.02 Å². The summed E-state index contributed by atoms with van der Waals surface area (Å²) < 4.78 is 0. The molecule has 3 aromatic rings. The van der Waals surface area contributed by atoms with Gasteiger partial charge in [0.25, 0.3) is 0 Å². The molecule has 0 amide bonds. The molecule has 0 aliphatic rings. The molecule has 0 aliphatic carbocycles. The quantitative estimate of drug-likeness (QED) is 0.217. The van der Waals surface area contributed by atoms with Gasteiger partial charge in [0, 0.05) is 29.5 Å². The number of anilines is 1. The average Bonchev–Trinajstić information content (AvgIpc) is 2.82. The normalized spacial score (nSPS) is 11.9. The van der Waals surface area contributed by atoms with Gasteiger partial charge in [-0.05, 0) is 71.0 Å². The maximum atomic E-state index is 11.3. The molecule has 0 saturated heterocycles. The van der Waals surface area contributed by atoms with Gasteiger partial charge in [-0.3, -0.25) is 4.79 Å². The highest BCUT2D eigenvalue weighted by atomic mass is 35.5. The van der Waals surface area contributed by atoms with Crippen molar-refractivity contribution in [2.45, 2.75) is 20.3 Å². The first-order chi connectivity index (χ1) is 15.5. The summed E-state index contributed by atoms with van der Waals surface area (Å²) in [4.78, 5) is 11.3. The largest absolute Gasteiger partial charge is 0.388 e. The lowest BCUT2D eigenvalue weighted by Gasteiger charge is -2.18. The molecule has 3 nitrogen and oxygen atoms in total. The third-order valence-electron chi connectivity index (χ3n) is 5.33. The minimum absolute atomic E-state index is 0.0189. The summed E-state index contributed by atoms with van der Waals surface area (Å²) >= 11 is 6.60. The molecule has 3 rings (SSSR count). The van der Waals surface area contributed by atoms with Gasteiger partial charge in [0.05, 0.1) is 0 Å². The maximum absolute atomic E-state index is 11.3. The van der Waals surface area contributed by atoms with Crippen molar-refractivity contribution in [3.63, 3.8) is 0 Å². The van der Waals surface area contributed by atoms with Crippen LogP contribution in [0.3, 0.4) is 0 Å².